The summed E-state index contributed by atoms with van der Waals surface area (Å²) < 4.78 is 254. The summed E-state index contributed by atoms with van der Waals surface area (Å²) in [5, 5.41) is 2.14. The van der Waals surface area contributed by atoms with E-state index >= 15 is 0 Å². The molecule has 75 heavy (non-hydrogen) atoms. The Morgan fingerprint density at radius 2 is 0.693 bits per heavy atom. The van der Waals surface area contributed by atoms with Crippen LogP contribution in [0, 0.1) is 0 Å². The van der Waals surface area contributed by atoms with Gasteiger partial charge in [0.15, 0.2) is 8.07 Å². The first kappa shape index (κ1) is 24.5. The predicted octanol–water partition coefficient (Wildman–Crippen LogP) is 15.9. The Hall–Kier alpha value is -9.54. The zero-order valence-electron chi connectivity index (χ0n) is 66.2. The highest BCUT2D eigenvalue weighted by molar-refractivity contribution is 7.19. The molecule has 0 atom stereocenters. The fraction of sp³-hybridized carbons (Fsp3) is 0. The van der Waals surface area contributed by atoms with Crippen LogP contribution in [0.25, 0.3) is 99.5 Å². The van der Waals surface area contributed by atoms with Gasteiger partial charge in [0.05, 0.1) is 59.1 Å². The fourth-order valence-electron chi connectivity index (χ4n) is 10.2. The number of aromatic nitrogens is 2. The maximum absolute atomic E-state index is 10.4. The van der Waals surface area contributed by atoms with Crippen LogP contribution in [-0.2, 0) is 0 Å². The number of benzene rings is 12. The van der Waals surface area contributed by atoms with E-state index in [1.807, 2.05) is 103 Å². The molecule has 0 bridgehead atoms. The van der Waals surface area contributed by atoms with Crippen LogP contribution in [0.2, 0.25) is 0 Å². The SMILES string of the molecule is [2H]c1c([2H])c([2H])c(-c2c([2H])c([2H])c([2H])c(-c3cccc(-n4c5c([2H])c([2H])c([2H])c([2H])c5c5c([2H])c(-c6c([2H])c([2H])c([2H])c([2H])c6-c6c([2H])c([2H])c7c(c6[2H])c6c([2H])c([2H])c([2H])c([2H])c6n7-c6cccc([Si](c7ccccc7)(c7ccccc7)c7ccccc7)c6)c([2H])c([2H])c54)c3)c2[2H])c([2H])c1[2H]. The van der Waals surface area contributed by atoms with E-state index < -0.39 is 232 Å². The molecule has 0 radical (unpaired) electrons. The number of hydrogen-bond donors (Lipinski definition) is 0. The first-order valence-electron chi connectivity index (χ1n) is 37.2. The Bertz CT molecular complexity index is 5910. The summed E-state index contributed by atoms with van der Waals surface area (Å²) >= 11 is 0. The van der Waals surface area contributed by atoms with Gasteiger partial charge in [0.2, 0.25) is 0 Å². The lowest BCUT2D eigenvalue weighted by Gasteiger charge is -2.34. The van der Waals surface area contributed by atoms with Crippen LogP contribution < -0.4 is 20.7 Å². The smallest absolute Gasteiger partial charge is 0.179 e. The molecule has 0 unspecified atom stereocenters. The average Bonchev–Trinajstić information content (AvgIpc) is 1.51. The van der Waals surface area contributed by atoms with Gasteiger partial charge >= 0.3 is 0 Å². The van der Waals surface area contributed by atoms with E-state index in [1.54, 1.807) is 12.1 Å². The third kappa shape index (κ3) is 7.47. The van der Waals surface area contributed by atoms with Crippen LogP contribution in [-0.4, -0.2) is 17.2 Å². The fourth-order valence-corrected chi connectivity index (χ4v) is 15.0. The number of rotatable bonds is 10. The second kappa shape index (κ2) is 18.5. The summed E-state index contributed by atoms with van der Waals surface area (Å²) in [6.07, 6.45) is 0. The van der Waals surface area contributed by atoms with Gasteiger partial charge in [-0.25, -0.2) is 0 Å². The maximum Gasteiger partial charge on any atom is 0.179 e. The Morgan fingerprint density at radius 3 is 1.24 bits per heavy atom. The molecule has 14 aromatic rings. The van der Waals surface area contributed by atoms with Crippen molar-refractivity contribution < 1.29 is 37.0 Å². The van der Waals surface area contributed by atoms with Crippen molar-refractivity contribution in [2.24, 2.45) is 0 Å². The summed E-state index contributed by atoms with van der Waals surface area (Å²) in [6, 6.07) is 20.5. The van der Waals surface area contributed by atoms with Crippen molar-refractivity contribution in [2.75, 3.05) is 0 Å². The van der Waals surface area contributed by atoms with E-state index in [4.69, 9.17) is 19.2 Å². The molecular formula is C72H50N2Si. The highest BCUT2D eigenvalue weighted by Crippen LogP contribution is 2.41. The van der Waals surface area contributed by atoms with Crippen LogP contribution in [0.4, 0.5) is 0 Å². The Morgan fingerprint density at radius 1 is 0.267 bits per heavy atom. The van der Waals surface area contributed by atoms with Crippen molar-refractivity contribution in [3.8, 4) is 55.9 Å². The minimum atomic E-state index is -3.37. The van der Waals surface area contributed by atoms with Crippen molar-refractivity contribution in [3.63, 3.8) is 0 Å². The molecule has 14 rings (SSSR count). The first-order chi connectivity index (χ1) is 48.5. The Labute approximate surface area is 476 Å². The maximum atomic E-state index is 10.4. The number of fused-ring (bicyclic) bond motifs is 6. The summed E-state index contributed by atoms with van der Waals surface area (Å²) in [7, 11) is -3.37. The molecule has 0 fully saturated rings. The van der Waals surface area contributed by atoms with Gasteiger partial charge in [-0.15, -0.1) is 0 Å². The lowest BCUT2D eigenvalue weighted by Crippen LogP contribution is -2.74. The third-order valence-corrected chi connectivity index (χ3v) is 18.2. The monoisotopic (exact) mass is 998 g/mol. The molecule has 0 amide bonds. The van der Waals surface area contributed by atoms with Gasteiger partial charge < -0.3 is 9.13 Å². The van der Waals surface area contributed by atoms with E-state index in [9.17, 15) is 17.8 Å². The third-order valence-electron chi connectivity index (χ3n) is 13.4. The minimum Gasteiger partial charge on any atom is -0.309 e. The van der Waals surface area contributed by atoms with Gasteiger partial charge in [0, 0.05) is 32.9 Å². The first-order valence-corrected chi connectivity index (χ1v) is 25.7. The van der Waals surface area contributed by atoms with Crippen molar-refractivity contribution in [1.82, 2.24) is 9.13 Å². The lowest BCUT2D eigenvalue weighted by atomic mass is 9.93. The summed E-state index contributed by atoms with van der Waals surface area (Å²) in [6.45, 7) is 0. The highest BCUT2D eigenvalue weighted by atomic mass is 28.3. The highest BCUT2D eigenvalue weighted by Gasteiger charge is 2.41. The molecule has 0 N–H and O–H groups in total. The topological polar surface area (TPSA) is 9.86 Å². The van der Waals surface area contributed by atoms with E-state index in [1.165, 1.54) is 28.8 Å². The number of hydrogen-bond acceptors (Lipinski definition) is 0. The summed E-state index contributed by atoms with van der Waals surface area (Å²) in [4.78, 5) is 0. The average molecular weight is 998 g/mol. The molecular weight excluding hydrogens is 921 g/mol. The predicted molar refractivity (Wildman–Crippen MR) is 320 cm³/mol. The molecule has 2 heterocycles. The van der Waals surface area contributed by atoms with E-state index in [2.05, 4.69) is 0 Å². The van der Waals surface area contributed by atoms with Crippen molar-refractivity contribution in [2.45, 2.75) is 0 Å². The molecule has 0 spiro atoms. The van der Waals surface area contributed by atoms with Crippen LogP contribution in [0.5, 0.6) is 0 Å². The number of para-hydroxylation sites is 2. The van der Waals surface area contributed by atoms with Crippen LogP contribution in [0.1, 0.15) is 37.0 Å². The van der Waals surface area contributed by atoms with Gasteiger partial charge in [-0.3, -0.25) is 0 Å². The second-order valence-electron chi connectivity index (χ2n) is 17.5. The van der Waals surface area contributed by atoms with Gasteiger partial charge in [-0.05, 0) is 132 Å². The molecule has 12 aromatic carbocycles. The molecule has 3 heteroatoms. The Balaban J connectivity index is 1.05. The molecule has 2 nitrogen and oxygen atoms in total. The molecule has 0 saturated carbocycles. The molecule has 0 aliphatic carbocycles. The largest absolute Gasteiger partial charge is 0.309 e. The molecule has 0 aliphatic rings. The normalized spacial score (nSPS) is 16.8. The van der Waals surface area contributed by atoms with Gasteiger partial charge in [0.1, 0.15) is 0 Å². The molecule has 352 valence electrons. The molecule has 0 aliphatic heterocycles. The van der Waals surface area contributed by atoms with Crippen LogP contribution >= 0.6 is 0 Å². The van der Waals surface area contributed by atoms with Crippen molar-refractivity contribution >= 4 is 72.4 Å². The van der Waals surface area contributed by atoms with Crippen molar-refractivity contribution in [1.29, 1.82) is 0 Å². The quantitative estimate of drug-likeness (QED) is 0.0954. The van der Waals surface area contributed by atoms with Gasteiger partial charge in [-0.2, -0.15) is 0 Å². The summed E-state index contributed by atoms with van der Waals surface area (Å²) in [5.41, 5.74) is -5.84. The molecule has 0 saturated heterocycles. The van der Waals surface area contributed by atoms with Gasteiger partial charge in [-0.1, -0.05) is 236 Å². The van der Waals surface area contributed by atoms with E-state index in [0.29, 0.717) is 0 Å². The lowest BCUT2D eigenvalue weighted by molar-refractivity contribution is 1.18. The van der Waals surface area contributed by atoms with Crippen LogP contribution in [0.3, 0.4) is 0 Å². The van der Waals surface area contributed by atoms with E-state index in [0.717, 1.165) is 25.3 Å². The minimum absolute atomic E-state index is 0.0982. The Kier molecular flexibility index (Phi) is 6.03. The standard InChI is InChI=1S/C72H50N2Si/c1-5-22-51(23-6-1)52-24-19-25-53(46-52)54-26-20-27-57(47-54)73-69-40-17-15-38-65(69)67-48-55(42-44-71(67)73)63-36-13-14-37-64(63)56-43-45-72-68(49-56)66-39-16-18-41-70(66)74(72)58-28-21-35-62(50-58)75(59-29-7-2-8-30-59,60-31-9-3-10-32-60)61-33-11-4-12-34-61/h1-50H/i1D,5D,6D,13D,14D,15D,16D,17D,18D,19D,22D,23D,24D,25D,36D,37D,38D,39D,40D,41D,42D,43D,44D,45D,46D,48D,49D. The van der Waals surface area contributed by atoms with E-state index in [-0.39, 0.29) is 38.7 Å². The van der Waals surface area contributed by atoms with Gasteiger partial charge in [0.25, 0.3) is 0 Å². The second-order valence-corrected chi connectivity index (χ2v) is 21.3. The molecule has 2 aromatic heterocycles. The zero-order valence-corrected chi connectivity index (χ0v) is 40.2. The van der Waals surface area contributed by atoms with Crippen LogP contribution in [0.15, 0.2) is 303 Å². The summed E-state index contributed by atoms with van der Waals surface area (Å²) in [5.74, 6) is 0. The number of nitrogens with zero attached hydrogens (tertiary/aromatic N) is 2. The zero-order chi connectivity index (χ0) is 73.2. The van der Waals surface area contributed by atoms with Crippen molar-refractivity contribution in [3.05, 3.63) is 303 Å².